The van der Waals surface area contributed by atoms with E-state index >= 15 is 0 Å². The van der Waals surface area contributed by atoms with Gasteiger partial charge in [-0.1, -0.05) is 12.1 Å². The van der Waals surface area contributed by atoms with E-state index in [2.05, 4.69) is 30.5 Å². The molecule has 10 nitrogen and oxygen atoms in total. The number of aromatic amines is 1. The number of carbonyl (C=O) groups excluding carboxylic acids is 2. The van der Waals surface area contributed by atoms with Crippen molar-refractivity contribution in [1.82, 2.24) is 30.1 Å². The van der Waals surface area contributed by atoms with Crippen molar-refractivity contribution in [3.63, 3.8) is 0 Å². The Morgan fingerprint density at radius 1 is 1.14 bits per heavy atom. The first-order valence-electron chi connectivity index (χ1n) is 11.8. The summed E-state index contributed by atoms with van der Waals surface area (Å²) >= 11 is 0. The second kappa shape index (κ2) is 10.2. The number of carbonyl (C=O) groups is 2. The molecular formula is C26H30N8O2. The number of hydrogen-bond donors (Lipinski definition) is 3. The van der Waals surface area contributed by atoms with Gasteiger partial charge in [-0.05, 0) is 51.6 Å². The van der Waals surface area contributed by atoms with Gasteiger partial charge in [0.15, 0.2) is 5.65 Å². The van der Waals surface area contributed by atoms with Crippen molar-refractivity contribution >= 4 is 40.6 Å². The Kier molecular flexibility index (Phi) is 7.03. The highest BCUT2D eigenvalue weighted by Gasteiger charge is 2.22. The summed E-state index contributed by atoms with van der Waals surface area (Å²) in [5.74, 6) is 0.0168. The minimum atomic E-state index is -0.374. The molecule has 186 valence electrons. The first-order chi connectivity index (χ1) is 17.1. The number of fused-ring (bicyclic) bond motifs is 1. The average molecular weight is 487 g/mol. The molecule has 3 heterocycles. The van der Waals surface area contributed by atoms with Crippen LogP contribution >= 0.6 is 0 Å². The van der Waals surface area contributed by atoms with Crippen molar-refractivity contribution in [3.8, 4) is 6.07 Å². The van der Waals surface area contributed by atoms with Crippen LogP contribution in [0.2, 0.25) is 0 Å². The lowest BCUT2D eigenvalue weighted by Crippen LogP contribution is -2.47. The van der Waals surface area contributed by atoms with E-state index in [0.717, 1.165) is 24.3 Å². The Morgan fingerprint density at radius 2 is 1.83 bits per heavy atom. The number of anilines is 2. The van der Waals surface area contributed by atoms with E-state index in [1.807, 2.05) is 58.2 Å². The molecule has 0 radical (unpaired) electrons. The van der Waals surface area contributed by atoms with Gasteiger partial charge < -0.3 is 25.4 Å². The summed E-state index contributed by atoms with van der Waals surface area (Å²) in [7, 11) is 2.02. The maximum absolute atomic E-state index is 12.7. The van der Waals surface area contributed by atoms with Crippen LogP contribution in [0.25, 0.3) is 17.2 Å². The van der Waals surface area contributed by atoms with Crippen LogP contribution < -0.4 is 10.6 Å². The standard InChI is InChI=1S/C26H30N8O2/c1-26(2,3)32-24(35)20-15-28-23-22(20)31-21(16-29-23)30-19-7-5-17(6-8-19)13-18(14-27)25(36)34-11-9-33(4)10-12-34/h5-8,13,15-16H,9-12H2,1-4H3,(H,28,29)(H,30,31)(H,32,35)/b18-13+. The number of aromatic nitrogens is 3. The summed E-state index contributed by atoms with van der Waals surface area (Å²) < 4.78 is 0. The zero-order valence-corrected chi connectivity index (χ0v) is 20.9. The van der Waals surface area contributed by atoms with Crippen LogP contribution in [0.4, 0.5) is 11.5 Å². The summed E-state index contributed by atoms with van der Waals surface area (Å²) in [5, 5.41) is 15.7. The summed E-state index contributed by atoms with van der Waals surface area (Å²) in [5.41, 5.74) is 2.65. The second-order valence-corrected chi connectivity index (χ2v) is 9.87. The molecule has 1 fully saturated rings. The number of amides is 2. The molecule has 2 amide bonds. The Bertz CT molecular complexity index is 1340. The molecule has 3 aromatic rings. The molecule has 3 N–H and O–H groups in total. The van der Waals surface area contributed by atoms with E-state index in [-0.39, 0.29) is 22.9 Å². The normalized spacial score (nSPS) is 15.0. The lowest BCUT2D eigenvalue weighted by molar-refractivity contribution is -0.128. The third-order valence-corrected chi connectivity index (χ3v) is 5.75. The number of nitrogens with zero attached hydrogens (tertiary/aromatic N) is 5. The average Bonchev–Trinajstić information content (AvgIpc) is 3.26. The molecular weight excluding hydrogens is 456 g/mol. The number of piperazine rings is 1. The van der Waals surface area contributed by atoms with Gasteiger partial charge >= 0.3 is 0 Å². The van der Waals surface area contributed by atoms with E-state index in [0.29, 0.717) is 35.6 Å². The third kappa shape index (κ3) is 5.87. The Labute approximate surface area is 210 Å². The van der Waals surface area contributed by atoms with Gasteiger partial charge in [0.25, 0.3) is 11.8 Å². The predicted octanol–water partition coefficient (Wildman–Crippen LogP) is 2.91. The van der Waals surface area contributed by atoms with E-state index < -0.39 is 0 Å². The molecule has 0 unspecified atom stereocenters. The summed E-state index contributed by atoms with van der Waals surface area (Å²) in [6, 6.07) is 9.35. The first kappa shape index (κ1) is 24.9. The second-order valence-electron chi connectivity index (χ2n) is 9.87. The number of likely N-dealkylation sites (N-methyl/N-ethyl adjacent to an activating group) is 1. The predicted molar refractivity (Wildman–Crippen MR) is 138 cm³/mol. The molecule has 1 aliphatic rings. The van der Waals surface area contributed by atoms with Gasteiger partial charge in [0.1, 0.15) is 23.0 Å². The van der Waals surface area contributed by atoms with E-state index in [1.165, 1.54) is 0 Å². The summed E-state index contributed by atoms with van der Waals surface area (Å²) in [4.78, 5) is 41.2. The first-order valence-corrected chi connectivity index (χ1v) is 11.8. The van der Waals surface area contributed by atoms with Crippen molar-refractivity contribution in [2.24, 2.45) is 0 Å². The number of nitriles is 1. The summed E-state index contributed by atoms with van der Waals surface area (Å²) in [6.45, 7) is 8.57. The highest BCUT2D eigenvalue weighted by Crippen LogP contribution is 2.21. The largest absolute Gasteiger partial charge is 0.347 e. The maximum atomic E-state index is 12.7. The summed E-state index contributed by atoms with van der Waals surface area (Å²) in [6.07, 6.45) is 4.80. The zero-order chi connectivity index (χ0) is 25.9. The molecule has 1 saturated heterocycles. The number of rotatable bonds is 5. The fourth-order valence-corrected chi connectivity index (χ4v) is 3.83. The highest BCUT2D eigenvalue weighted by atomic mass is 16.2. The Balaban J connectivity index is 1.48. The highest BCUT2D eigenvalue weighted by molar-refractivity contribution is 6.05. The minimum Gasteiger partial charge on any atom is -0.347 e. The molecule has 0 spiro atoms. The topological polar surface area (TPSA) is 130 Å². The van der Waals surface area contributed by atoms with E-state index in [9.17, 15) is 14.9 Å². The van der Waals surface area contributed by atoms with Gasteiger partial charge in [-0.25, -0.2) is 9.97 Å². The van der Waals surface area contributed by atoms with Crippen LogP contribution in [0.5, 0.6) is 0 Å². The lowest BCUT2D eigenvalue weighted by Gasteiger charge is -2.32. The smallest absolute Gasteiger partial charge is 0.264 e. The molecule has 1 aromatic carbocycles. The van der Waals surface area contributed by atoms with Crippen LogP contribution in [-0.4, -0.2) is 75.3 Å². The number of H-pyrrole nitrogens is 1. The Morgan fingerprint density at radius 3 is 2.47 bits per heavy atom. The van der Waals surface area contributed by atoms with Crippen LogP contribution in [0, 0.1) is 11.3 Å². The molecule has 0 atom stereocenters. The molecule has 36 heavy (non-hydrogen) atoms. The van der Waals surface area contributed by atoms with Crippen molar-refractivity contribution < 1.29 is 9.59 Å². The number of benzene rings is 1. The van der Waals surface area contributed by atoms with Crippen LogP contribution in [0.15, 0.2) is 42.2 Å². The van der Waals surface area contributed by atoms with Gasteiger partial charge in [0.05, 0.1) is 11.8 Å². The van der Waals surface area contributed by atoms with Crippen molar-refractivity contribution in [3.05, 3.63) is 53.4 Å². The number of nitrogens with one attached hydrogen (secondary N) is 3. The lowest BCUT2D eigenvalue weighted by atomic mass is 10.1. The molecule has 0 saturated carbocycles. The van der Waals surface area contributed by atoms with Gasteiger partial charge in [-0.3, -0.25) is 9.59 Å². The Hall–Kier alpha value is -4.23. The van der Waals surface area contributed by atoms with Gasteiger partial charge in [-0.15, -0.1) is 0 Å². The monoisotopic (exact) mass is 486 g/mol. The quantitative estimate of drug-likeness (QED) is 0.373. The van der Waals surface area contributed by atoms with Crippen LogP contribution in [0.1, 0.15) is 36.7 Å². The van der Waals surface area contributed by atoms with E-state index in [4.69, 9.17) is 0 Å². The molecule has 1 aliphatic heterocycles. The van der Waals surface area contributed by atoms with Crippen LogP contribution in [-0.2, 0) is 4.79 Å². The molecule has 0 aliphatic carbocycles. The van der Waals surface area contributed by atoms with E-state index in [1.54, 1.807) is 23.4 Å². The molecule has 0 bridgehead atoms. The third-order valence-electron chi connectivity index (χ3n) is 5.75. The molecule has 2 aromatic heterocycles. The fraction of sp³-hybridized carbons (Fsp3) is 0.346. The van der Waals surface area contributed by atoms with Crippen molar-refractivity contribution in [2.45, 2.75) is 26.3 Å². The van der Waals surface area contributed by atoms with Crippen molar-refractivity contribution in [1.29, 1.82) is 5.26 Å². The maximum Gasteiger partial charge on any atom is 0.264 e. The minimum absolute atomic E-state index is 0.116. The SMILES string of the molecule is CN1CCN(C(=O)/C(C#N)=C/c2ccc(Nc3cnc4[nH]cc(C(=O)NC(C)(C)C)c4n3)cc2)CC1. The molecule has 10 heteroatoms. The number of hydrogen-bond acceptors (Lipinski definition) is 7. The fourth-order valence-electron chi connectivity index (χ4n) is 3.83. The zero-order valence-electron chi connectivity index (χ0n) is 20.9. The van der Waals surface area contributed by atoms with Crippen LogP contribution in [0.3, 0.4) is 0 Å². The van der Waals surface area contributed by atoms with Gasteiger partial charge in [-0.2, -0.15) is 5.26 Å². The molecule has 4 rings (SSSR count). The van der Waals surface area contributed by atoms with Gasteiger partial charge in [0, 0.05) is 43.6 Å². The van der Waals surface area contributed by atoms with Crippen molar-refractivity contribution in [2.75, 3.05) is 38.5 Å². The van der Waals surface area contributed by atoms with Gasteiger partial charge in [0.2, 0.25) is 0 Å².